The van der Waals surface area contributed by atoms with Gasteiger partial charge in [-0.15, -0.1) is 0 Å². The Morgan fingerprint density at radius 3 is 2.81 bits per heavy atom. The first kappa shape index (κ1) is 14.4. The number of ether oxygens (including phenoxy) is 1. The lowest BCUT2D eigenvalue weighted by atomic mass is 9.85. The average molecular weight is 291 g/mol. The molecular weight excluding hydrogens is 270 g/mol. The molecule has 0 unspecified atom stereocenters. The smallest absolute Gasteiger partial charge is 0.223 e. The summed E-state index contributed by atoms with van der Waals surface area (Å²) in [4.78, 5) is 13.9. The lowest BCUT2D eigenvalue weighted by Crippen LogP contribution is -2.53. The van der Waals surface area contributed by atoms with E-state index in [-0.39, 0.29) is 12.5 Å². The van der Waals surface area contributed by atoms with Gasteiger partial charge in [0.05, 0.1) is 12.6 Å². The summed E-state index contributed by atoms with van der Waals surface area (Å²) in [6, 6.07) is 5.02. The highest BCUT2D eigenvalue weighted by Crippen LogP contribution is 2.44. The van der Waals surface area contributed by atoms with Crippen molar-refractivity contribution >= 4 is 5.91 Å². The largest absolute Gasteiger partial charge is 0.485 e. The molecule has 21 heavy (non-hydrogen) atoms. The van der Waals surface area contributed by atoms with Gasteiger partial charge in [0.15, 0.2) is 0 Å². The molecule has 0 aromatic heterocycles. The van der Waals surface area contributed by atoms with Crippen LogP contribution in [-0.4, -0.2) is 39.3 Å². The molecule has 5 heteroatoms. The Kier molecular flexibility index (Phi) is 3.42. The van der Waals surface area contributed by atoms with Crippen molar-refractivity contribution < 1.29 is 19.7 Å². The fourth-order valence-electron chi connectivity index (χ4n) is 3.22. The zero-order valence-corrected chi connectivity index (χ0v) is 12.4. The zero-order chi connectivity index (χ0) is 15.2. The van der Waals surface area contributed by atoms with Crippen LogP contribution in [0.4, 0.5) is 0 Å². The summed E-state index contributed by atoms with van der Waals surface area (Å²) < 4.78 is 5.89. The van der Waals surface area contributed by atoms with Gasteiger partial charge in [-0.3, -0.25) is 4.79 Å². The van der Waals surface area contributed by atoms with Gasteiger partial charge in [-0.05, 0) is 38.0 Å². The summed E-state index contributed by atoms with van der Waals surface area (Å²) in [6.45, 7) is 4.23. The third-order valence-electron chi connectivity index (χ3n) is 4.41. The van der Waals surface area contributed by atoms with Crippen LogP contribution in [0.15, 0.2) is 18.2 Å². The molecular formula is C16H21NO4. The first-order valence-corrected chi connectivity index (χ1v) is 7.34. The minimum absolute atomic E-state index is 0.0668. The number of benzene rings is 1. The van der Waals surface area contributed by atoms with E-state index < -0.39 is 17.7 Å². The van der Waals surface area contributed by atoms with E-state index in [0.29, 0.717) is 18.7 Å². The van der Waals surface area contributed by atoms with E-state index in [0.717, 1.165) is 17.5 Å². The maximum atomic E-state index is 12.1. The second-order valence-corrected chi connectivity index (χ2v) is 6.32. The summed E-state index contributed by atoms with van der Waals surface area (Å²) >= 11 is 0. The molecule has 0 saturated carbocycles. The molecule has 0 aliphatic carbocycles. The molecule has 2 N–H and O–H groups in total. The van der Waals surface area contributed by atoms with Crippen LogP contribution >= 0.6 is 0 Å². The molecule has 2 aliphatic rings. The number of aliphatic hydroxyl groups excluding tert-OH is 2. The number of hydrogen-bond donors (Lipinski definition) is 2. The molecule has 0 bridgehead atoms. The lowest BCUT2D eigenvalue weighted by molar-refractivity contribution is -0.139. The van der Waals surface area contributed by atoms with Gasteiger partial charge < -0.3 is 19.8 Å². The predicted octanol–water partition coefficient (Wildman–Crippen LogP) is 1.37. The van der Waals surface area contributed by atoms with Crippen molar-refractivity contribution in [3.05, 3.63) is 29.3 Å². The summed E-state index contributed by atoms with van der Waals surface area (Å²) in [5.74, 6) is 0.740. The Balaban J connectivity index is 2.10. The van der Waals surface area contributed by atoms with Gasteiger partial charge in [0.2, 0.25) is 5.91 Å². The fraction of sp³-hybridized carbons (Fsp3) is 0.562. The SMILES string of the molecule is CC1(C)Oc2ccc(CO)cc2[C@@H](N2CCCC2=O)[C@@H]1O. The Labute approximate surface area is 124 Å². The third kappa shape index (κ3) is 2.30. The molecule has 0 spiro atoms. The molecule has 1 amide bonds. The summed E-state index contributed by atoms with van der Waals surface area (Å²) in [6.07, 6.45) is 0.540. The van der Waals surface area contributed by atoms with Crippen molar-refractivity contribution in [2.75, 3.05) is 6.54 Å². The molecule has 1 saturated heterocycles. The molecule has 0 radical (unpaired) electrons. The number of likely N-dealkylation sites (tertiary alicyclic amines) is 1. The van der Waals surface area contributed by atoms with Gasteiger partial charge in [0, 0.05) is 18.5 Å². The number of fused-ring (bicyclic) bond motifs is 1. The van der Waals surface area contributed by atoms with E-state index in [9.17, 15) is 15.0 Å². The van der Waals surface area contributed by atoms with Crippen molar-refractivity contribution in [1.82, 2.24) is 4.90 Å². The Morgan fingerprint density at radius 1 is 1.43 bits per heavy atom. The van der Waals surface area contributed by atoms with E-state index in [2.05, 4.69) is 0 Å². The van der Waals surface area contributed by atoms with Crippen LogP contribution in [0, 0.1) is 0 Å². The van der Waals surface area contributed by atoms with E-state index in [1.807, 2.05) is 26.0 Å². The molecule has 5 nitrogen and oxygen atoms in total. The highest BCUT2D eigenvalue weighted by Gasteiger charge is 2.47. The number of nitrogens with zero attached hydrogens (tertiary/aromatic N) is 1. The standard InChI is InChI=1S/C16H21NO4/c1-16(2)15(20)14(17-7-3-4-13(17)19)11-8-10(9-18)5-6-12(11)21-16/h5-6,8,14-15,18,20H,3-4,7,9H2,1-2H3/t14-,15+/m1/s1. The maximum absolute atomic E-state index is 12.1. The maximum Gasteiger partial charge on any atom is 0.223 e. The highest BCUT2D eigenvalue weighted by atomic mass is 16.5. The highest BCUT2D eigenvalue weighted by molar-refractivity contribution is 5.79. The quantitative estimate of drug-likeness (QED) is 0.863. The molecule has 2 aliphatic heterocycles. The number of carbonyl (C=O) groups excluding carboxylic acids is 1. The van der Waals surface area contributed by atoms with Crippen molar-refractivity contribution in [2.45, 2.75) is 51.0 Å². The van der Waals surface area contributed by atoms with Crippen LogP contribution < -0.4 is 4.74 Å². The van der Waals surface area contributed by atoms with Gasteiger partial charge >= 0.3 is 0 Å². The molecule has 3 rings (SSSR count). The number of carbonyl (C=O) groups is 1. The Morgan fingerprint density at radius 2 is 2.19 bits per heavy atom. The predicted molar refractivity (Wildman–Crippen MR) is 76.8 cm³/mol. The second-order valence-electron chi connectivity index (χ2n) is 6.32. The first-order chi connectivity index (χ1) is 9.94. The summed E-state index contributed by atoms with van der Waals surface area (Å²) in [5, 5.41) is 20.0. The van der Waals surface area contributed by atoms with E-state index in [1.54, 1.807) is 11.0 Å². The summed E-state index contributed by atoms with van der Waals surface area (Å²) in [7, 11) is 0. The van der Waals surface area contributed by atoms with Gasteiger partial charge in [-0.25, -0.2) is 0 Å². The Hall–Kier alpha value is -1.59. The van der Waals surface area contributed by atoms with Crippen LogP contribution in [0.2, 0.25) is 0 Å². The minimum Gasteiger partial charge on any atom is -0.485 e. The van der Waals surface area contributed by atoms with Crippen LogP contribution in [0.25, 0.3) is 0 Å². The molecule has 2 heterocycles. The first-order valence-electron chi connectivity index (χ1n) is 7.34. The molecule has 1 aromatic rings. The fourth-order valence-corrected chi connectivity index (χ4v) is 3.22. The van der Waals surface area contributed by atoms with Crippen molar-refractivity contribution in [1.29, 1.82) is 0 Å². The number of rotatable bonds is 2. The molecule has 1 aromatic carbocycles. The summed E-state index contributed by atoms with van der Waals surface area (Å²) in [5.41, 5.74) is 0.769. The third-order valence-corrected chi connectivity index (χ3v) is 4.41. The van der Waals surface area contributed by atoms with Gasteiger partial charge in [0.1, 0.15) is 17.5 Å². The van der Waals surface area contributed by atoms with Crippen molar-refractivity contribution in [2.24, 2.45) is 0 Å². The van der Waals surface area contributed by atoms with E-state index >= 15 is 0 Å². The average Bonchev–Trinajstić information content (AvgIpc) is 2.86. The van der Waals surface area contributed by atoms with Gasteiger partial charge in [-0.1, -0.05) is 6.07 Å². The van der Waals surface area contributed by atoms with E-state index in [4.69, 9.17) is 4.74 Å². The minimum atomic E-state index is -0.805. The molecule has 1 fully saturated rings. The number of aliphatic hydroxyl groups is 2. The lowest BCUT2D eigenvalue weighted by Gasteiger charge is -2.45. The van der Waals surface area contributed by atoms with Crippen LogP contribution in [-0.2, 0) is 11.4 Å². The van der Waals surface area contributed by atoms with E-state index in [1.165, 1.54) is 0 Å². The zero-order valence-electron chi connectivity index (χ0n) is 12.4. The second kappa shape index (κ2) is 5.00. The van der Waals surface area contributed by atoms with Gasteiger partial charge in [0.25, 0.3) is 0 Å². The Bertz CT molecular complexity index is 569. The monoisotopic (exact) mass is 291 g/mol. The molecule has 2 atom stereocenters. The normalized spacial score (nSPS) is 27.4. The van der Waals surface area contributed by atoms with Crippen molar-refractivity contribution in [3.8, 4) is 5.75 Å². The van der Waals surface area contributed by atoms with Crippen LogP contribution in [0.5, 0.6) is 5.75 Å². The number of hydrogen-bond acceptors (Lipinski definition) is 4. The van der Waals surface area contributed by atoms with Gasteiger partial charge in [-0.2, -0.15) is 0 Å². The number of amides is 1. The van der Waals surface area contributed by atoms with Crippen LogP contribution in [0.1, 0.15) is 43.9 Å². The van der Waals surface area contributed by atoms with Crippen molar-refractivity contribution in [3.63, 3.8) is 0 Å². The molecule has 114 valence electrons. The van der Waals surface area contributed by atoms with Crippen LogP contribution in [0.3, 0.4) is 0 Å². The topological polar surface area (TPSA) is 70.0 Å².